The Morgan fingerprint density at radius 1 is 1.35 bits per heavy atom. The highest BCUT2D eigenvalue weighted by molar-refractivity contribution is 6.29. The van der Waals surface area contributed by atoms with Crippen LogP contribution in [0.2, 0.25) is 5.15 Å². The number of anilines is 2. The Bertz CT molecular complexity index is 313. The Balaban J connectivity index is 2.13. The van der Waals surface area contributed by atoms with Crippen molar-refractivity contribution in [1.82, 2.24) is 4.98 Å². The highest BCUT2D eigenvalue weighted by Crippen LogP contribution is 2.15. The smallest absolute Gasteiger partial charge is 0.133 e. The van der Waals surface area contributed by atoms with Gasteiger partial charge in [0.1, 0.15) is 11.0 Å². The minimum Gasteiger partial charge on any atom is -0.399 e. The summed E-state index contributed by atoms with van der Waals surface area (Å²) in [7, 11) is 0. The molecule has 1 rings (SSSR count). The monoisotopic (exact) mass is 257 g/mol. The molecule has 0 aromatic carbocycles. The molecule has 0 fully saturated rings. The number of aromatic nitrogens is 1. The lowest BCUT2D eigenvalue weighted by molar-refractivity contribution is 0.131. The SMILES string of the molecule is CCCCOCCCNc1cc(N)cc(Cl)n1. The first-order valence-electron chi connectivity index (χ1n) is 5.97. The molecular weight excluding hydrogens is 238 g/mol. The molecule has 0 saturated heterocycles. The van der Waals surface area contributed by atoms with Crippen molar-refractivity contribution in [3.05, 3.63) is 17.3 Å². The lowest BCUT2D eigenvalue weighted by atomic mass is 10.3. The van der Waals surface area contributed by atoms with Gasteiger partial charge in [0.2, 0.25) is 0 Å². The third-order valence-electron chi connectivity index (χ3n) is 2.23. The average Bonchev–Trinajstić information content (AvgIpc) is 2.26. The molecule has 0 radical (unpaired) electrons. The molecule has 0 atom stereocenters. The quantitative estimate of drug-likeness (QED) is 0.555. The van der Waals surface area contributed by atoms with Crippen molar-refractivity contribution >= 4 is 23.1 Å². The maximum atomic E-state index is 5.79. The summed E-state index contributed by atoms with van der Waals surface area (Å²) >= 11 is 5.79. The van der Waals surface area contributed by atoms with E-state index < -0.39 is 0 Å². The van der Waals surface area contributed by atoms with E-state index in [2.05, 4.69) is 17.2 Å². The minimum atomic E-state index is 0.409. The summed E-state index contributed by atoms with van der Waals surface area (Å²) in [4.78, 5) is 4.11. The van der Waals surface area contributed by atoms with Crippen LogP contribution in [-0.2, 0) is 4.74 Å². The van der Waals surface area contributed by atoms with Crippen LogP contribution < -0.4 is 11.1 Å². The molecule has 0 amide bonds. The number of nitrogens with one attached hydrogen (secondary N) is 1. The Hall–Kier alpha value is -1.00. The van der Waals surface area contributed by atoms with Crippen molar-refractivity contribution in [2.24, 2.45) is 0 Å². The molecule has 17 heavy (non-hydrogen) atoms. The van der Waals surface area contributed by atoms with E-state index >= 15 is 0 Å². The van der Waals surface area contributed by atoms with Crippen molar-refractivity contribution in [2.45, 2.75) is 26.2 Å². The molecule has 0 unspecified atom stereocenters. The highest BCUT2D eigenvalue weighted by atomic mass is 35.5. The number of pyridine rings is 1. The summed E-state index contributed by atoms with van der Waals surface area (Å²) in [5.41, 5.74) is 6.27. The second-order valence-electron chi connectivity index (χ2n) is 3.85. The van der Waals surface area contributed by atoms with Gasteiger partial charge in [0, 0.05) is 31.5 Å². The van der Waals surface area contributed by atoms with Gasteiger partial charge < -0.3 is 15.8 Å². The van der Waals surface area contributed by atoms with Gasteiger partial charge in [-0.15, -0.1) is 0 Å². The van der Waals surface area contributed by atoms with Gasteiger partial charge in [-0.2, -0.15) is 0 Å². The van der Waals surface area contributed by atoms with Gasteiger partial charge in [-0.05, 0) is 18.9 Å². The Morgan fingerprint density at radius 2 is 2.12 bits per heavy atom. The Kier molecular flexibility index (Phi) is 6.74. The van der Waals surface area contributed by atoms with Crippen molar-refractivity contribution in [3.63, 3.8) is 0 Å². The summed E-state index contributed by atoms with van der Waals surface area (Å²) in [6, 6.07) is 3.39. The van der Waals surface area contributed by atoms with Crippen LogP contribution in [0.5, 0.6) is 0 Å². The lowest BCUT2D eigenvalue weighted by Gasteiger charge is -2.07. The number of rotatable bonds is 8. The second-order valence-corrected chi connectivity index (χ2v) is 4.24. The van der Waals surface area contributed by atoms with Gasteiger partial charge in [-0.3, -0.25) is 0 Å². The Labute approximate surface area is 108 Å². The van der Waals surface area contributed by atoms with Crippen molar-refractivity contribution in [2.75, 3.05) is 30.8 Å². The molecule has 1 aromatic heterocycles. The van der Waals surface area contributed by atoms with E-state index in [9.17, 15) is 0 Å². The second kappa shape index (κ2) is 8.14. The average molecular weight is 258 g/mol. The third-order valence-corrected chi connectivity index (χ3v) is 2.42. The largest absolute Gasteiger partial charge is 0.399 e. The number of nitrogens with zero attached hydrogens (tertiary/aromatic N) is 1. The summed E-state index contributed by atoms with van der Waals surface area (Å²) in [5.74, 6) is 0.712. The van der Waals surface area contributed by atoms with Crippen LogP contribution in [0.15, 0.2) is 12.1 Å². The zero-order valence-electron chi connectivity index (χ0n) is 10.2. The molecule has 0 saturated carbocycles. The van der Waals surface area contributed by atoms with Crippen molar-refractivity contribution in [1.29, 1.82) is 0 Å². The molecule has 0 aliphatic carbocycles. The standard InChI is InChI=1S/C12H20ClN3O/c1-2-3-6-17-7-4-5-15-12-9-10(14)8-11(13)16-12/h8-9H,2-7H2,1H3,(H3,14,15,16). The molecule has 1 aromatic rings. The molecule has 5 heteroatoms. The van der Waals surface area contributed by atoms with Crippen LogP contribution in [0.1, 0.15) is 26.2 Å². The topological polar surface area (TPSA) is 60.2 Å². The summed E-state index contributed by atoms with van der Waals surface area (Å²) in [6.45, 7) is 4.57. The summed E-state index contributed by atoms with van der Waals surface area (Å²) in [6.07, 6.45) is 3.24. The highest BCUT2D eigenvalue weighted by Gasteiger charge is 1.98. The van der Waals surface area contributed by atoms with Crippen LogP contribution in [0, 0.1) is 0 Å². The van der Waals surface area contributed by atoms with E-state index in [0.717, 1.165) is 32.6 Å². The van der Waals surface area contributed by atoms with Gasteiger partial charge >= 0.3 is 0 Å². The summed E-state index contributed by atoms with van der Waals surface area (Å²) in [5, 5.41) is 3.57. The number of hydrogen-bond donors (Lipinski definition) is 2. The van der Waals surface area contributed by atoms with Gasteiger partial charge in [0.15, 0.2) is 0 Å². The zero-order valence-corrected chi connectivity index (χ0v) is 11.0. The first-order chi connectivity index (χ1) is 8.22. The number of nitrogen functional groups attached to an aromatic ring is 1. The molecule has 0 bridgehead atoms. The minimum absolute atomic E-state index is 0.409. The molecule has 96 valence electrons. The van der Waals surface area contributed by atoms with Crippen LogP contribution in [0.25, 0.3) is 0 Å². The normalized spacial score (nSPS) is 10.5. The van der Waals surface area contributed by atoms with E-state index in [-0.39, 0.29) is 0 Å². The maximum Gasteiger partial charge on any atom is 0.133 e. The molecule has 1 heterocycles. The first kappa shape index (κ1) is 14.1. The number of ether oxygens (including phenoxy) is 1. The number of hydrogen-bond acceptors (Lipinski definition) is 4. The predicted molar refractivity (Wildman–Crippen MR) is 72.5 cm³/mol. The fraction of sp³-hybridized carbons (Fsp3) is 0.583. The third kappa shape index (κ3) is 6.34. The zero-order chi connectivity index (χ0) is 12.5. The Morgan fingerprint density at radius 3 is 2.82 bits per heavy atom. The van der Waals surface area contributed by atoms with Gasteiger partial charge in [0.05, 0.1) is 0 Å². The number of unbranched alkanes of at least 4 members (excludes halogenated alkanes) is 1. The van der Waals surface area contributed by atoms with Gasteiger partial charge in [-0.25, -0.2) is 4.98 Å². The van der Waals surface area contributed by atoms with E-state index in [1.54, 1.807) is 12.1 Å². The number of nitrogens with two attached hydrogens (primary N) is 1. The van der Waals surface area contributed by atoms with Crippen LogP contribution in [0.3, 0.4) is 0 Å². The molecule has 0 spiro atoms. The van der Waals surface area contributed by atoms with Crippen LogP contribution >= 0.6 is 11.6 Å². The molecule has 0 aliphatic rings. The summed E-state index contributed by atoms with van der Waals surface area (Å²) < 4.78 is 5.45. The van der Waals surface area contributed by atoms with Crippen molar-refractivity contribution in [3.8, 4) is 0 Å². The molecule has 0 aliphatic heterocycles. The van der Waals surface area contributed by atoms with E-state index in [4.69, 9.17) is 22.1 Å². The maximum absolute atomic E-state index is 5.79. The van der Waals surface area contributed by atoms with Crippen LogP contribution in [0.4, 0.5) is 11.5 Å². The van der Waals surface area contributed by atoms with Crippen LogP contribution in [-0.4, -0.2) is 24.7 Å². The molecule has 4 nitrogen and oxygen atoms in total. The number of halogens is 1. The van der Waals surface area contributed by atoms with Gasteiger partial charge in [-0.1, -0.05) is 24.9 Å². The van der Waals surface area contributed by atoms with Gasteiger partial charge in [0.25, 0.3) is 0 Å². The van der Waals surface area contributed by atoms with E-state index in [0.29, 0.717) is 16.7 Å². The van der Waals surface area contributed by atoms with Crippen molar-refractivity contribution < 1.29 is 4.74 Å². The first-order valence-corrected chi connectivity index (χ1v) is 6.35. The molecule has 3 N–H and O–H groups in total. The predicted octanol–water partition coefficient (Wildman–Crippen LogP) is 2.94. The molecular formula is C12H20ClN3O. The fourth-order valence-electron chi connectivity index (χ4n) is 1.35. The lowest BCUT2D eigenvalue weighted by Crippen LogP contribution is -2.07. The van der Waals surface area contributed by atoms with E-state index in [1.807, 2.05) is 0 Å². The van der Waals surface area contributed by atoms with E-state index in [1.165, 1.54) is 6.42 Å². The fourth-order valence-corrected chi connectivity index (χ4v) is 1.56.